The van der Waals surface area contributed by atoms with Gasteiger partial charge >= 0.3 is 0 Å². The molecule has 2 N–H and O–H groups in total. The number of nitrogens with zero attached hydrogens (tertiary/aromatic N) is 4. The van der Waals surface area contributed by atoms with Crippen LogP contribution in [0.15, 0.2) is 30.7 Å². The first-order valence-electron chi connectivity index (χ1n) is 5.06. The summed E-state index contributed by atoms with van der Waals surface area (Å²) >= 11 is 0. The number of imidazole rings is 1. The normalized spacial score (nSPS) is 11.0. The fraction of sp³-hybridized carbons (Fsp3) is 0. The van der Waals surface area contributed by atoms with Gasteiger partial charge in [-0.05, 0) is 12.1 Å². The van der Waals surface area contributed by atoms with Crippen molar-refractivity contribution in [2.75, 3.05) is 5.73 Å². The van der Waals surface area contributed by atoms with E-state index in [4.69, 9.17) is 5.73 Å². The number of hydrogen-bond acceptors (Lipinski definition) is 4. The van der Waals surface area contributed by atoms with Gasteiger partial charge < -0.3 is 5.73 Å². The summed E-state index contributed by atoms with van der Waals surface area (Å²) in [5, 5.41) is 0. The van der Waals surface area contributed by atoms with Gasteiger partial charge in [0.1, 0.15) is 17.2 Å². The summed E-state index contributed by atoms with van der Waals surface area (Å²) in [6, 6.07) is 2.82. The number of hydrogen-bond donors (Lipinski definition) is 1. The summed E-state index contributed by atoms with van der Waals surface area (Å²) in [7, 11) is 0. The monoisotopic (exact) mass is 247 g/mol. The summed E-state index contributed by atoms with van der Waals surface area (Å²) in [6.07, 6.45) is 3.69. The molecule has 3 aromatic heterocycles. The number of fused-ring (bicyclic) bond motifs is 1. The fourth-order valence-electron chi connectivity index (χ4n) is 1.62. The van der Waals surface area contributed by atoms with Crippen LogP contribution in [-0.2, 0) is 0 Å². The Balaban J connectivity index is 2.24. The highest BCUT2D eigenvalue weighted by Crippen LogP contribution is 2.19. The molecule has 0 radical (unpaired) electrons. The maximum absolute atomic E-state index is 13.2. The predicted octanol–water partition coefficient (Wildman–Crippen LogP) is 1.65. The fourth-order valence-corrected chi connectivity index (χ4v) is 1.62. The number of anilines is 1. The summed E-state index contributed by atoms with van der Waals surface area (Å²) in [5.74, 6) is -1.19. The van der Waals surface area contributed by atoms with Gasteiger partial charge in [0.25, 0.3) is 0 Å². The topological polar surface area (TPSA) is 69.1 Å². The lowest BCUT2D eigenvalue weighted by Gasteiger charge is -2.02. The van der Waals surface area contributed by atoms with Crippen molar-refractivity contribution in [2.24, 2.45) is 0 Å². The SMILES string of the molecule is Nc1nc(-c2cnc3ccc(F)cn23)ncc1F. The summed E-state index contributed by atoms with van der Waals surface area (Å²) in [4.78, 5) is 11.7. The Hall–Kier alpha value is -2.57. The Morgan fingerprint density at radius 1 is 1.11 bits per heavy atom. The van der Waals surface area contributed by atoms with Crippen molar-refractivity contribution in [3.63, 3.8) is 0 Å². The first-order chi connectivity index (χ1) is 8.65. The average Bonchev–Trinajstić information content (AvgIpc) is 2.75. The molecular formula is C11H7F2N5. The molecule has 90 valence electrons. The van der Waals surface area contributed by atoms with Crippen LogP contribution in [0, 0.1) is 11.6 Å². The van der Waals surface area contributed by atoms with Crippen LogP contribution in [0.4, 0.5) is 14.6 Å². The second-order valence-corrected chi connectivity index (χ2v) is 3.65. The maximum Gasteiger partial charge on any atom is 0.183 e. The molecule has 3 heterocycles. The van der Waals surface area contributed by atoms with Crippen LogP contribution in [0.1, 0.15) is 0 Å². The lowest BCUT2D eigenvalue weighted by molar-refractivity contribution is 0.617. The molecule has 3 aromatic rings. The van der Waals surface area contributed by atoms with Gasteiger partial charge in [0.05, 0.1) is 12.4 Å². The molecule has 0 saturated heterocycles. The standard InChI is InChI=1S/C11H7F2N5/c12-6-1-2-9-15-4-8(18(9)5-6)11-16-3-7(13)10(14)17-11/h1-5H,(H2,14,16,17). The Morgan fingerprint density at radius 3 is 2.72 bits per heavy atom. The maximum atomic E-state index is 13.2. The molecule has 0 aliphatic rings. The Kier molecular flexibility index (Phi) is 2.19. The third-order valence-corrected chi connectivity index (χ3v) is 2.47. The number of aromatic nitrogens is 4. The first kappa shape index (κ1) is 10.6. The molecule has 0 spiro atoms. The van der Waals surface area contributed by atoms with E-state index in [2.05, 4.69) is 15.0 Å². The molecule has 3 rings (SSSR count). The van der Waals surface area contributed by atoms with Gasteiger partial charge in [-0.2, -0.15) is 0 Å². The molecule has 0 bridgehead atoms. The number of nitrogen functional groups attached to an aromatic ring is 1. The van der Waals surface area contributed by atoms with Crippen LogP contribution < -0.4 is 5.73 Å². The van der Waals surface area contributed by atoms with Gasteiger partial charge in [-0.1, -0.05) is 0 Å². The Morgan fingerprint density at radius 2 is 1.94 bits per heavy atom. The zero-order valence-corrected chi connectivity index (χ0v) is 9.01. The summed E-state index contributed by atoms with van der Waals surface area (Å²) < 4.78 is 27.6. The van der Waals surface area contributed by atoms with E-state index >= 15 is 0 Å². The number of rotatable bonds is 1. The van der Waals surface area contributed by atoms with Crippen molar-refractivity contribution in [1.82, 2.24) is 19.4 Å². The van der Waals surface area contributed by atoms with Crippen molar-refractivity contribution >= 4 is 11.5 Å². The van der Waals surface area contributed by atoms with Gasteiger partial charge in [-0.3, -0.25) is 4.40 Å². The first-order valence-corrected chi connectivity index (χ1v) is 5.06. The third kappa shape index (κ3) is 1.56. The number of halogens is 2. The van der Waals surface area contributed by atoms with Crippen molar-refractivity contribution < 1.29 is 8.78 Å². The van der Waals surface area contributed by atoms with E-state index < -0.39 is 11.6 Å². The highest BCUT2D eigenvalue weighted by atomic mass is 19.1. The van der Waals surface area contributed by atoms with Crippen LogP contribution >= 0.6 is 0 Å². The molecule has 0 aliphatic heterocycles. The van der Waals surface area contributed by atoms with Crippen molar-refractivity contribution in [1.29, 1.82) is 0 Å². The van der Waals surface area contributed by atoms with E-state index in [0.29, 0.717) is 11.3 Å². The van der Waals surface area contributed by atoms with E-state index in [9.17, 15) is 8.78 Å². The van der Waals surface area contributed by atoms with E-state index in [1.54, 1.807) is 0 Å². The molecule has 0 unspecified atom stereocenters. The third-order valence-electron chi connectivity index (χ3n) is 2.47. The molecule has 0 amide bonds. The molecule has 0 atom stereocenters. The van der Waals surface area contributed by atoms with E-state index in [1.807, 2.05) is 0 Å². The second-order valence-electron chi connectivity index (χ2n) is 3.65. The molecular weight excluding hydrogens is 240 g/mol. The largest absolute Gasteiger partial charge is 0.381 e. The van der Waals surface area contributed by atoms with E-state index in [1.165, 1.54) is 28.9 Å². The highest BCUT2D eigenvalue weighted by molar-refractivity contribution is 5.57. The van der Waals surface area contributed by atoms with Gasteiger partial charge in [-0.25, -0.2) is 23.7 Å². The Bertz CT molecular complexity index is 737. The molecule has 0 saturated carbocycles. The summed E-state index contributed by atoms with van der Waals surface area (Å²) in [6.45, 7) is 0. The molecule has 0 aliphatic carbocycles. The van der Waals surface area contributed by atoms with Crippen molar-refractivity contribution in [3.05, 3.63) is 42.4 Å². The zero-order valence-electron chi connectivity index (χ0n) is 9.01. The van der Waals surface area contributed by atoms with Crippen LogP contribution in [0.3, 0.4) is 0 Å². The van der Waals surface area contributed by atoms with Crippen LogP contribution in [0.5, 0.6) is 0 Å². The minimum atomic E-state index is -0.696. The van der Waals surface area contributed by atoms with Gasteiger partial charge in [0.15, 0.2) is 17.5 Å². The van der Waals surface area contributed by atoms with Gasteiger partial charge in [0.2, 0.25) is 0 Å². The van der Waals surface area contributed by atoms with Gasteiger partial charge in [0, 0.05) is 6.20 Å². The molecule has 0 aromatic carbocycles. The summed E-state index contributed by atoms with van der Waals surface area (Å²) in [5.41, 5.74) is 6.35. The highest BCUT2D eigenvalue weighted by Gasteiger charge is 2.11. The van der Waals surface area contributed by atoms with Crippen molar-refractivity contribution in [2.45, 2.75) is 0 Å². The molecule has 0 fully saturated rings. The number of pyridine rings is 1. The number of nitrogens with two attached hydrogens (primary N) is 1. The van der Waals surface area contributed by atoms with Crippen LogP contribution in [-0.4, -0.2) is 19.4 Å². The lowest BCUT2D eigenvalue weighted by Crippen LogP contribution is -2.00. The molecule has 5 nitrogen and oxygen atoms in total. The second kappa shape index (κ2) is 3.73. The molecule has 7 heteroatoms. The lowest BCUT2D eigenvalue weighted by atomic mass is 10.4. The van der Waals surface area contributed by atoms with E-state index in [-0.39, 0.29) is 11.6 Å². The van der Waals surface area contributed by atoms with Crippen molar-refractivity contribution in [3.8, 4) is 11.5 Å². The minimum absolute atomic E-state index is 0.187. The van der Waals surface area contributed by atoms with E-state index in [0.717, 1.165) is 6.20 Å². The smallest absolute Gasteiger partial charge is 0.183 e. The minimum Gasteiger partial charge on any atom is -0.381 e. The predicted molar refractivity (Wildman–Crippen MR) is 60.5 cm³/mol. The molecule has 18 heavy (non-hydrogen) atoms. The Labute approximate surface area is 99.9 Å². The zero-order chi connectivity index (χ0) is 12.7. The quantitative estimate of drug-likeness (QED) is 0.709. The van der Waals surface area contributed by atoms with Crippen LogP contribution in [0.2, 0.25) is 0 Å². The van der Waals surface area contributed by atoms with Gasteiger partial charge in [-0.15, -0.1) is 0 Å². The average molecular weight is 247 g/mol. The van der Waals surface area contributed by atoms with Crippen LogP contribution in [0.25, 0.3) is 17.2 Å².